The Morgan fingerprint density at radius 1 is 1.47 bits per heavy atom. The van der Waals surface area contributed by atoms with Crippen LogP contribution < -0.4 is 0 Å². The van der Waals surface area contributed by atoms with Crippen LogP contribution in [-0.2, 0) is 4.79 Å². The van der Waals surface area contributed by atoms with E-state index in [9.17, 15) is 9.59 Å². The standard InChI is InChI=1S/C11H13N3O3/c1-7-9(11(16)17)3-5-14(7)10(15)8-2-4-12-13-6-8/h2,4,6-7,9H,3,5H2,1H3,(H,16,17). The van der Waals surface area contributed by atoms with Gasteiger partial charge in [0.1, 0.15) is 0 Å². The van der Waals surface area contributed by atoms with Crippen molar-refractivity contribution in [3.63, 3.8) is 0 Å². The summed E-state index contributed by atoms with van der Waals surface area (Å²) in [7, 11) is 0. The number of hydrogen-bond acceptors (Lipinski definition) is 4. The van der Waals surface area contributed by atoms with Gasteiger partial charge in [0.25, 0.3) is 5.91 Å². The number of carboxylic acids is 1. The molecule has 2 unspecified atom stereocenters. The molecule has 2 heterocycles. The lowest BCUT2D eigenvalue weighted by molar-refractivity contribution is -0.142. The van der Waals surface area contributed by atoms with Gasteiger partial charge in [-0.3, -0.25) is 9.59 Å². The van der Waals surface area contributed by atoms with Crippen molar-refractivity contribution in [2.75, 3.05) is 6.54 Å². The van der Waals surface area contributed by atoms with Crippen molar-refractivity contribution in [2.45, 2.75) is 19.4 Å². The van der Waals surface area contributed by atoms with Crippen LogP contribution in [0.1, 0.15) is 23.7 Å². The van der Waals surface area contributed by atoms with Gasteiger partial charge in [0, 0.05) is 12.6 Å². The average Bonchev–Trinajstić information content (AvgIpc) is 2.71. The fourth-order valence-electron chi connectivity index (χ4n) is 2.14. The zero-order valence-electron chi connectivity index (χ0n) is 9.41. The monoisotopic (exact) mass is 235 g/mol. The average molecular weight is 235 g/mol. The van der Waals surface area contributed by atoms with E-state index in [0.717, 1.165) is 0 Å². The SMILES string of the molecule is CC1C(C(=O)O)CCN1C(=O)c1ccnnc1. The molecular formula is C11H13N3O3. The van der Waals surface area contributed by atoms with Gasteiger partial charge >= 0.3 is 5.97 Å². The van der Waals surface area contributed by atoms with E-state index < -0.39 is 11.9 Å². The maximum atomic E-state index is 12.1. The van der Waals surface area contributed by atoms with E-state index in [-0.39, 0.29) is 11.9 Å². The van der Waals surface area contributed by atoms with Gasteiger partial charge in [-0.2, -0.15) is 10.2 Å². The summed E-state index contributed by atoms with van der Waals surface area (Å²) >= 11 is 0. The molecule has 0 aromatic carbocycles. The summed E-state index contributed by atoms with van der Waals surface area (Å²) in [5.74, 6) is -1.51. The Balaban J connectivity index is 2.15. The van der Waals surface area contributed by atoms with Crippen molar-refractivity contribution in [1.29, 1.82) is 0 Å². The highest BCUT2D eigenvalue weighted by molar-refractivity contribution is 5.94. The van der Waals surface area contributed by atoms with Gasteiger partial charge in [0.15, 0.2) is 0 Å². The van der Waals surface area contributed by atoms with Crippen LogP contribution in [0.2, 0.25) is 0 Å². The van der Waals surface area contributed by atoms with E-state index in [1.165, 1.54) is 12.4 Å². The first-order valence-corrected chi connectivity index (χ1v) is 5.41. The Hall–Kier alpha value is -1.98. The summed E-state index contributed by atoms with van der Waals surface area (Å²) in [6, 6.07) is 1.30. The van der Waals surface area contributed by atoms with E-state index in [1.807, 2.05) is 0 Å². The summed E-state index contributed by atoms with van der Waals surface area (Å²) in [6.07, 6.45) is 3.34. The Kier molecular flexibility index (Phi) is 3.03. The molecule has 1 amide bonds. The first-order valence-electron chi connectivity index (χ1n) is 5.41. The molecular weight excluding hydrogens is 222 g/mol. The van der Waals surface area contributed by atoms with Crippen molar-refractivity contribution in [3.05, 3.63) is 24.0 Å². The molecule has 1 aromatic heterocycles. The molecule has 1 saturated heterocycles. The summed E-state index contributed by atoms with van der Waals surface area (Å²) in [5.41, 5.74) is 0.442. The zero-order chi connectivity index (χ0) is 12.4. The number of likely N-dealkylation sites (tertiary alicyclic amines) is 1. The smallest absolute Gasteiger partial charge is 0.308 e. The molecule has 0 aliphatic carbocycles. The molecule has 1 aromatic rings. The Morgan fingerprint density at radius 3 is 2.76 bits per heavy atom. The molecule has 1 aliphatic rings. The number of carbonyl (C=O) groups excluding carboxylic acids is 1. The third-order valence-electron chi connectivity index (χ3n) is 3.16. The molecule has 0 bridgehead atoms. The molecule has 1 fully saturated rings. The van der Waals surface area contributed by atoms with Crippen LogP contribution in [0.4, 0.5) is 0 Å². The van der Waals surface area contributed by atoms with Gasteiger partial charge in [-0.25, -0.2) is 0 Å². The molecule has 0 saturated carbocycles. The third kappa shape index (κ3) is 2.11. The second-order valence-corrected chi connectivity index (χ2v) is 4.10. The second kappa shape index (κ2) is 4.48. The van der Waals surface area contributed by atoms with E-state index in [0.29, 0.717) is 18.5 Å². The van der Waals surface area contributed by atoms with Gasteiger partial charge < -0.3 is 10.0 Å². The molecule has 6 heteroatoms. The van der Waals surface area contributed by atoms with E-state index in [1.54, 1.807) is 17.9 Å². The summed E-state index contributed by atoms with van der Waals surface area (Å²) < 4.78 is 0. The first-order chi connectivity index (χ1) is 8.11. The lowest BCUT2D eigenvalue weighted by Crippen LogP contribution is -2.37. The molecule has 17 heavy (non-hydrogen) atoms. The first kappa shape index (κ1) is 11.5. The van der Waals surface area contributed by atoms with Crippen LogP contribution in [0.15, 0.2) is 18.5 Å². The quantitative estimate of drug-likeness (QED) is 0.802. The number of aromatic nitrogens is 2. The van der Waals surface area contributed by atoms with Crippen LogP contribution in [0.5, 0.6) is 0 Å². The molecule has 2 atom stereocenters. The Labute approximate surface area is 98.3 Å². The van der Waals surface area contributed by atoms with E-state index >= 15 is 0 Å². The summed E-state index contributed by atoms with van der Waals surface area (Å²) in [5, 5.41) is 16.2. The number of amides is 1. The van der Waals surface area contributed by atoms with Crippen molar-refractivity contribution in [2.24, 2.45) is 5.92 Å². The van der Waals surface area contributed by atoms with Gasteiger partial charge in [-0.05, 0) is 19.4 Å². The maximum Gasteiger partial charge on any atom is 0.308 e. The van der Waals surface area contributed by atoms with Crippen LogP contribution in [-0.4, -0.2) is 44.7 Å². The summed E-state index contributed by atoms with van der Waals surface area (Å²) in [6.45, 7) is 2.23. The van der Waals surface area contributed by atoms with Gasteiger partial charge in [0.2, 0.25) is 0 Å². The lowest BCUT2D eigenvalue weighted by Gasteiger charge is -2.23. The van der Waals surface area contributed by atoms with Crippen LogP contribution in [0.25, 0.3) is 0 Å². The van der Waals surface area contributed by atoms with Crippen LogP contribution in [0, 0.1) is 5.92 Å². The minimum absolute atomic E-state index is 0.184. The van der Waals surface area contributed by atoms with E-state index in [4.69, 9.17) is 5.11 Å². The number of aliphatic carboxylic acids is 1. The largest absolute Gasteiger partial charge is 0.481 e. The van der Waals surface area contributed by atoms with Crippen molar-refractivity contribution in [3.8, 4) is 0 Å². The van der Waals surface area contributed by atoms with Crippen LogP contribution in [0.3, 0.4) is 0 Å². The Bertz CT molecular complexity index is 435. The highest BCUT2D eigenvalue weighted by Crippen LogP contribution is 2.25. The fourth-order valence-corrected chi connectivity index (χ4v) is 2.14. The Morgan fingerprint density at radius 2 is 2.24 bits per heavy atom. The topological polar surface area (TPSA) is 83.4 Å². The minimum atomic E-state index is -0.847. The lowest BCUT2D eigenvalue weighted by atomic mass is 10.0. The highest BCUT2D eigenvalue weighted by Gasteiger charge is 2.38. The van der Waals surface area contributed by atoms with Crippen LogP contribution >= 0.6 is 0 Å². The molecule has 1 N–H and O–H groups in total. The summed E-state index contributed by atoms with van der Waals surface area (Å²) in [4.78, 5) is 24.6. The predicted octanol–water partition coefficient (Wildman–Crippen LogP) is 0.412. The van der Waals surface area contributed by atoms with Gasteiger partial charge in [0.05, 0.1) is 23.9 Å². The minimum Gasteiger partial charge on any atom is -0.481 e. The zero-order valence-corrected chi connectivity index (χ0v) is 9.41. The van der Waals surface area contributed by atoms with Crippen molar-refractivity contribution in [1.82, 2.24) is 15.1 Å². The van der Waals surface area contributed by atoms with Crippen molar-refractivity contribution >= 4 is 11.9 Å². The van der Waals surface area contributed by atoms with E-state index in [2.05, 4.69) is 10.2 Å². The molecule has 2 rings (SSSR count). The van der Waals surface area contributed by atoms with Gasteiger partial charge in [-0.1, -0.05) is 0 Å². The van der Waals surface area contributed by atoms with Crippen molar-refractivity contribution < 1.29 is 14.7 Å². The number of carbonyl (C=O) groups is 2. The van der Waals surface area contributed by atoms with Gasteiger partial charge in [-0.15, -0.1) is 0 Å². The number of carboxylic acid groups (broad SMARTS) is 1. The number of nitrogens with zero attached hydrogens (tertiary/aromatic N) is 3. The number of rotatable bonds is 2. The predicted molar refractivity (Wildman–Crippen MR) is 58.3 cm³/mol. The molecule has 0 radical (unpaired) electrons. The molecule has 1 aliphatic heterocycles. The third-order valence-corrected chi connectivity index (χ3v) is 3.16. The molecule has 0 spiro atoms. The molecule has 6 nitrogen and oxygen atoms in total. The normalized spacial score (nSPS) is 23.7. The molecule has 90 valence electrons. The maximum absolute atomic E-state index is 12.1. The highest BCUT2D eigenvalue weighted by atomic mass is 16.4. The fraction of sp³-hybridized carbons (Fsp3) is 0.455. The second-order valence-electron chi connectivity index (χ2n) is 4.10. The number of hydrogen-bond donors (Lipinski definition) is 1.